The maximum atomic E-state index is 12.9. The average molecular weight is 311 g/mol. The molecule has 2 aromatic carbocycles. The molecule has 0 unspecified atom stereocenters. The third kappa shape index (κ3) is 3.67. The second-order valence-corrected chi connectivity index (χ2v) is 4.72. The van der Waals surface area contributed by atoms with E-state index in [0.29, 0.717) is 16.3 Å². The van der Waals surface area contributed by atoms with Crippen molar-refractivity contribution in [2.45, 2.75) is 12.7 Å². The van der Waals surface area contributed by atoms with E-state index in [-0.39, 0.29) is 12.1 Å². The Morgan fingerprint density at radius 1 is 1.14 bits per heavy atom. The summed E-state index contributed by atoms with van der Waals surface area (Å²) in [6.45, 7) is -0.0126. The van der Waals surface area contributed by atoms with Crippen LogP contribution in [0.15, 0.2) is 42.5 Å². The van der Waals surface area contributed by atoms with E-state index in [1.807, 2.05) is 6.07 Å². The number of benzene rings is 2. The Labute approximate surface area is 124 Å². The van der Waals surface area contributed by atoms with Crippen LogP contribution in [-0.2, 0) is 12.7 Å². The Balaban J connectivity index is 2.20. The van der Waals surface area contributed by atoms with Gasteiger partial charge >= 0.3 is 6.18 Å². The van der Waals surface area contributed by atoms with Crippen molar-refractivity contribution in [3.63, 3.8) is 0 Å². The highest BCUT2D eigenvalue weighted by molar-refractivity contribution is 6.33. The molecule has 0 saturated carbocycles. The second kappa shape index (κ2) is 6.06. The van der Waals surface area contributed by atoms with Crippen LogP contribution in [0.4, 0.5) is 18.9 Å². The van der Waals surface area contributed by atoms with E-state index in [1.54, 1.807) is 18.2 Å². The van der Waals surface area contributed by atoms with Gasteiger partial charge in [-0.3, -0.25) is 0 Å². The van der Waals surface area contributed by atoms with Crippen LogP contribution in [0.5, 0.6) is 0 Å². The molecular weight excluding hydrogens is 301 g/mol. The predicted octanol–water partition coefficient (Wildman–Crippen LogP) is 4.84. The van der Waals surface area contributed by atoms with Crippen molar-refractivity contribution in [1.29, 1.82) is 5.26 Å². The average Bonchev–Trinajstić information content (AvgIpc) is 2.45. The number of hydrogen-bond acceptors (Lipinski definition) is 2. The first-order valence-corrected chi connectivity index (χ1v) is 6.38. The largest absolute Gasteiger partial charge is 0.416 e. The van der Waals surface area contributed by atoms with Crippen molar-refractivity contribution in [2.24, 2.45) is 0 Å². The maximum Gasteiger partial charge on any atom is 0.416 e. The Morgan fingerprint density at radius 3 is 2.48 bits per heavy atom. The van der Waals surface area contributed by atoms with Gasteiger partial charge in [0.25, 0.3) is 0 Å². The molecular formula is C15H10ClF3N2. The topological polar surface area (TPSA) is 35.8 Å². The zero-order valence-corrected chi connectivity index (χ0v) is 11.5. The minimum Gasteiger partial charge on any atom is -0.380 e. The highest BCUT2D eigenvalue weighted by Crippen LogP contribution is 2.32. The minimum absolute atomic E-state index is 0.0126. The third-order valence-corrected chi connectivity index (χ3v) is 3.20. The lowest BCUT2D eigenvalue weighted by atomic mass is 10.1. The van der Waals surface area contributed by atoms with Gasteiger partial charge in [-0.2, -0.15) is 18.4 Å². The first-order valence-electron chi connectivity index (χ1n) is 6.00. The van der Waals surface area contributed by atoms with Crippen molar-refractivity contribution in [2.75, 3.05) is 5.32 Å². The molecule has 0 aliphatic carbocycles. The summed E-state index contributed by atoms with van der Waals surface area (Å²) < 4.78 is 38.6. The molecule has 0 spiro atoms. The molecule has 108 valence electrons. The van der Waals surface area contributed by atoms with Crippen LogP contribution >= 0.6 is 11.6 Å². The molecule has 0 aromatic heterocycles. The van der Waals surface area contributed by atoms with Crippen LogP contribution in [0.3, 0.4) is 0 Å². The fourth-order valence-electron chi connectivity index (χ4n) is 1.87. The number of anilines is 1. The van der Waals surface area contributed by atoms with Gasteiger partial charge in [0, 0.05) is 6.54 Å². The highest BCUT2D eigenvalue weighted by atomic mass is 35.5. The molecule has 6 heteroatoms. The number of nitriles is 1. The van der Waals surface area contributed by atoms with Crippen molar-refractivity contribution < 1.29 is 13.2 Å². The molecule has 1 N–H and O–H groups in total. The van der Waals surface area contributed by atoms with Gasteiger partial charge in [0.05, 0.1) is 27.9 Å². The molecule has 0 amide bonds. The zero-order valence-electron chi connectivity index (χ0n) is 10.7. The third-order valence-electron chi connectivity index (χ3n) is 2.89. The summed E-state index contributed by atoms with van der Waals surface area (Å²) in [4.78, 5) is 0. The standard InChI is InChI=1S/C15H10ClF3N2/c16-13-7-10(8-20)5-6-14(13)21-9-11-3-1-2-4-12(11)15(17,18)19/h1-7,21H,9H2. The van der Waals surface area contributed by atoms with E-state index < -0.39 is 11.7 Å². The predicted molar refractivity (Wildman–Crippen MR) is 74.9 cm³/mol. The highest BCUT2D eigenvalue weighted by Gasteiger charge is 2.32. The summed E-state index contributed by atoms with van der Waals surface area (Å²) in [6.07, 6.45) is -4.40. The molecule has 0 fully saturated rings. The van der Waals surface area contributed by atoms with E-state index in [4.69, 9.17) is 16.9 Å². The smallest absolute Gasteiger partial charge is 0.380 e. The molecule has 0 atom stereocenters. The number of hydrogen-bond donors (Lipinski definition) is 1. The Bertz CT molecular complexity index is 690. The van der Waals surface area contributed by atoms with Gasteiger partial charge in [-0.1, -0.05) is 29.8 Å². The molecule has 0 radical (unpaired) electrons. The minimum atomic E-state index is -4.40. The monoisotopic (exact) mass is 310 g/mol. The molecule has 21 heavy (non-hydrogen) atoms. The first kappa shape index (κ1) is 15.2. The number of nitrogens with one attached hydrogen (secondary N) is 1. The summed E-state index contributed by atoms with van der Waals surface area (Å²) in [5.41, 5.74) is 0.321. The fourth-order valence-corrected chi connectivity index (χ4v) is 2.12. The first-order chi connectivity index (χ1) is 9.91. The summed E-state index contributed by atoms with van der Waals surface area (Å²) >= 11 is 5.97. The van der Waals surface area contributed by atoms with E-state index in [9.17, 15) is 13.2 Å². The zero-order chi connectivity index (χ0) is 15.5. The summed E-state index contributed by atoms with van der Waals surface area (Å²) in [5, 5.41) is 11.9. The van der Waals surface area contributed by atoms with E-state index in [1.165, 1.54) is 18.2 Å². The summed E-state index contributed by atoms with van der Waals surface area (Å²) in [6, 6.07) is 11.9. The molecule has 0 aliphatic heterocycles. The molecule has 2 nitrogen and oxygen atoms in total. The van der Waals surface area contributed by atoms with Crippen molar-refractivity contribution in [3.05, 3.63) is 64.2 Å². The normalized spacial score (nSPS) is 11.0. The number of halogens is 4. The maximum absolute atomic E-state index is 12.9. The van der Waals surface area contributed by atoms with Crippen LogP contribution in [0, 0.1) is 11.3 Å². The Kier molecular flexibility index (Phi) is 4.39. The van der Waals surface area contributed by atoms with Crippen LogP contribution in [0.2, 0.25) is 5.02 Å². The fraction of sp³-hybridized carbons (Fsp3) is 0.133. The van der Waals surface area contributed by atoms with Crippen LogP contribution in [-0.4, -0.2) is 0 Å². The van der Waals surface area contributed by atoms with E-state index in [0.717, 1.165) is 6.07 Å². The van der Waals surface area contributed by atoms with Gasteiger partial charge in [0.2, 0.25) is 0 Å². The summed E-state index contributed by atoms with van der Waals surface area (Å²) in [7, 11) is 0. The number of rotatable bonds is 3. The summed E-state index contributed by atoms with van der Waals surface area (Å²) in [5.74, 6) is 0. The van der Waals surface area contributed by atoms with Gasteiger partial charge in [0.15, 0.2) is 0 Å². The molecule has 0 aliphatic rings. The molecule has 0 saturated heterocycles. The quantitative estimate of drug-likeness (QED) is 0.880. The lowest BCUT2D eigenvalue weighted by Crippen LogP contribution is -2.11. The van der Waals surface area contributed by atoms with Crippen LogP contribution in [0.1, 0.15) is 16.7 Å². The van der Waals surface area contributed by atoms with Gasteiger partial charge in [-0.25, -0.2) is 0 Å². The van der Waals surface area contributed by atoms with Gasteiger partial charge in [0.1, 0.15) is 0 Å². The molecule has 2 aromatic rings. The lowest BCUT2D eigenvalue weighted by molar-refractivity contribution is -0.138. The van der Waals surface area contributed by atoms with Crippen molar-refractivity contribution in [1.82, 2.24) is 0 Å². The van der Waals surface area contributed by atoms with E-state index in [2.05, 4.69) is 5.32 Å². The van der Waals surface area contributed by atoms with Crippen molar-refractivity contribution in [3.8, 4) is 6.07 Å². The Hall–Kier alpha value is -2.19. The van der Waals surface area contributed by atoms with Crippen molar-refractivity contribution >= 4 is 17.3 Å². The number of alkyl halides is 3. The van der Waals surface area contributed by atoms with E-state index >= 15 is 0 Å². The number of nitrogens with zero attached hydrogens (tertiary/aromatic N) is 1. The Morgan fingerprint density at radius 2 is 1.86 bits per heavy atom. The second-order valence-electron chi connectivity index (χ2n) is 4.31. The van der Waals surface area contributed by atoms with Gasteiger partial charge < -0.3 is 5.32 Å². The molecule has 2 rings (SSSR count). The van der Waals surface area contributed by atoms with Crippen LogP contribution in [0.25, 0.3) is 0 Å². The van der Waals surface area contributed by atoms with Gasteiger partial charge in [-0.15, -0.1) is 0 Å². The molecule has 0 heterocycles. The van der Waals surface area contributed by atoms with Gasteiger partial charge in [-0.05, 0) is 29.8 Å². The van der Waals surface area contributed by atoms with Crippen LogP contribution < -0.4 is 5.32 Å². The molecule has 0 bridgehead atoms. The SMILES string of the molecule is N#Cc1ccc(NCc2ccccc2C(F)(F)F)c(Cl)c1. The lowest BCUT2D eigenvalue weighted by Gasteiger charge is -2.14.